The molecule has 4 atom stereocenters. The molecule has 30 heavy (non-hydrogen) atoms. The first-order valence-electron chi connectivity index (χ1n) is 11.1. The van der Waals surface area contributed by atoms with Crippen molar-refractivity contribution in [1.29, 1.82) is 0 Å². The van der Waals surface area contributed by atoms with Gasteiger partial charge in [-0.1, -0.05) is 27.7 Å². The van der Waals surface area contributed by atoms with Crippen LogP contribution in [0.5, 0.6) is 17.2 Å². The van der Waals surface area contributed by atoms with Crippen LogP contribution in [-0.2, 0) is 0 Å². The van der Waals surface area contributed by atoms with E-state index in [0.29, 0.717) is 34.5 Å². The quantitative estimate of drug-likeness (QED) is 0.580. The van der Waals surface area contributed by atoms with Gasteiger partial charge in [0.2, 0.25) is 0 Å². The zero-order chi connectivity index (χ0) is 21.8. The highest BCUT2D eigenvalue weighted by Gasteiger charge is 2.64. The van der Waals surface area contributed by atoms with Crippen LogP contribution in [0.4, 0.5) is 0 Å². The van der Waals surface area contributed by atoms with E-state index in [1.807, 2.05) is 0 Å². The van der Waals surface area contributed by atoms with Gasteiger partial charge in [-0.05, 0) is 55.3 Å². The molecule has 5 nitrogen and oxygen atoms in total. The molecule has 0 radical (unpaired) electrons. The Bertz CT molecular complexity index is 869. The predicted molar refractivity (Wildman–Crippen MR) is 115 cm³/mol. The molecular formula is C25H34O5. The molecule has 1 aromatic rings. The highest BCUT2D eigenvalue weighted by molar-refractivity contribution is 5.95. The van der Waals surface area contributed by atoms with Crippen LogP contribution in [0.15, 0.2) is 0 Å². The van der Waals surface area contributed by atoms with Gasteiger partial charge in [-0.25, -0.2) is 0 Å². The number of fused-ring (bicyclic) bond motifs is 2. The Balaban J connectivity index is 1.95. The summed E-state index contributed by atoms with van der Waals surface area (Å²) < 4.78 is 18.1. The lowest BCUT2D eigenvalue weighted by Crippen LogP contribution is -2.65. The first-order valence-corrected chi connectivity index (χ1v) is 11.1. The molecule has 2 bridgehead atoms. The minimum Gasteiger partial charge on any atom is -0.495 e. The lowest BCUT2D eigenvalue weighted by Gasteiger charge is -2.66. The normalized spacial score (nSPS) is 30.8. The zero-order valence-corrected chi connectivity index (χ0v) is 19.0. The lowest BCUT2D eigenvalue weighted by molar-refractivity contribution is -0.199. The number of carbonyl (C=O) groups is 2. The zero-order valence-electron chi connectivity index (χ0n) is 19.0. The van der Waals surface area contributed by atoms with Crippen molar-refractivity contribution in [3.8, 4) is 17.2 Å². The van der Waals surface area contributed by atoms with E-state index in [0.717, 1.165) is 49.7 Å². The Hall–Kier alpha value is -2.04. The van der Waals surface area contributed by atoms with Crippen LogP contribution >= 0.6 is 0 Å². The van der Waals surface area contributed by atoms with Crippen LogP contribution in [0.25, 0.3) is 0 Å². The summed E-state index contributed by atoms with van der Waals surface area (Å²) in [7, 11) is 3.05. The summed E-state index contributed by atoms with van der Waals surface area (Å²) in [6.07, 6.45) is 6.71. The van der Waals surface area contributed by atoms with Gasteiger partial charge in [-0.15, -0.1) is 0 Å². The van der Waals surface area contributed by atoms with Gasteiger partial charge in [0, 0.05) is 11.5 Å². The third-order valence-corrected chi connectivity index (χ3v) is 8.19. The molecule has 3 fully saturated rings. The number of hydrogen-bond acceptors (Lipinski definition) is 5. The van der Waals surface area contributed by atoms with Crippen molar-refractivity contribution in [2.24, 2.45) is 23.2 Å². The monoisotopic (exact) mass is 414 g/mol. The standard InChI is InChI=1S/C25H34O5/c1-14(2)9-15-11-25(8-7-16-10-19(25)24(16,3)4)30-23-18(13-27)21(28-5)17(12-26)22(29-6)20(15)23/h12-16,19H,7-11H2,1-6H3/t15?,16-,19+,25+/m0/s1. The number of benzene rings is 1. The molecule has 0 saturated heterocycles. The summed E-state index contributed by atoms with van der Waals surface area (Å²) in [5.74, 6) is 3.17. The van der Waals surface area contributed by atoms with Crippen LogP contribution in [0.2, 0.25) is 0 Å². The van der Waals surface area contributed by atoms with Crippen LogP contribution in [0.1, 0.15) is 92.0 Å². The fraction of sp³-hybridized carbons (Fsp3) is 0.680. The van der Waals surface area contributed by atoms with Crippen LogP contribution < -0.4 is 14.2 Å². The van der Waals surface area contributed by atoms with Crippen molar-refractivity contribution in [1.82, 2.24) is 0 Å². The number of carbonyl (C=O) groups excluding carboxylic acids is 2. The molecule has 164 valence electrons. The molecule has 4 aliphatic rings. The van der Waals surface area contributed by atoms with Crippen molar-refractivity contribution in [2.45, 2.75) is 71.3 Å². The highest BCUT2D eigenvalue weighted by atomic mass is 16.5. The second kappa shape index (κ2) is 7.28. The Morgan fingerprint density at radius 2 is 1.77 bits per heavy atom. The van der Waals surface area contributed by atoms with E-state index in [2.05, 4.69) is 27.7 Å². The molecule has 5 heteroatoms. The maximum Gasteiger partial charge on any atom is 0.157 e. The Morgan fingerprint density at radius 1 is 1.10 bits per heavy atom. The fourth-order valence-electron chi connectivity index (χ4n) is 6.77. The third-order valence-electron chi connectivity index (χ3n) is 8.19. The summed E-state index contributed by atoms with van der Waals surface area (Å²) in [5.41, 5.74) is 1.46. The van der Waals surface area contributed by atoms with Gasteiger partial charge in [0.05, 0.1) is 25.3 Å². The van der Waals surface area contributed by atoms with Crippen LogP contribution in [0, 0.1) is 23.2 Å². The van der Waals surface area contributed by atoms with E-state index in [4.69, 9.17) is 14.2 Å². The van der Waals surface area contributed by atoms with Gasteiger partial charge in [0.25, 0.3) is 0 Å². The fourth-order valence-corrected chi connectivity index (χ4v) is 6.77. The number of ether oxygens (including phenoxy) is 3. The average molecular weight is 415 g/mol. The topological polar surface area (TPSA) is 61.8 Å². The molecule has 3 saturated carbocycles. The third kappa shape index (κ3) is 2.80. The van der Waals surface area contributed by atoms with Gasteiger partial charge in [0.15, 0.2) is 12.6 Å². The summed E-state index contributed by atoms with van der Waals surface area (Å²) in [6.45, 7) is 9.15. The summed E-state index contributed by atoms with van der Waals surface area (Å²) in [6, 6.07) is 0. The summed E-state index contributed by atoms with van der Waals surface area (Å²) in [4.78, 5) is 24.2. The van der Waals surface area contributed by atoms with E-state index < -0.39 is 0 Å². The first kappa shape index (κ1) is 21.2. The minimum atomic E-state index is -0.277. The molecule has 0 aromatic heterocycles. The summed E-state index contributed by atoms with van der Waals surface area (Å²) >= 11 is 0. The van der Waals surface area contributed by atoms with Crippen molar-refractivity contribution in [2.75, 3.05) is 14.2 Å². The van der Waals surface area contributed by atoms with Crippen LogP contribution in [-0.4, -0.2) is 32.4 Å². The second-order valence-electron chi connectivity index (χ2n) is 10.4. The molecule has 0 N–H and O–H groups in total. The summed E-state index contributed by atoms with van der Waals surface area (Å²) in [5, 5.41) is 0. The molecule has 1 aliphatic heterocycles. The largest absolute Gasteiger partial charge is 0.495 e. The molecular weight excluding hydrogens is 380 g/mol. The Kier molecular flexibility index (Phi) is 5.14. The average Bonchev–Trinajstić information content (AvgIpc) is 2.70. The minimum absolute atomic E-state index is 0.167. The van der Waals surface area contributed by atoms with Crippen molar-refractivity contribution in [3.63, 3.8) is 0 Å². The molecule has 1 aromatic carbocycles. The van der Waals surface area contributed by atoms with Crippen molar-refractivity contribution < 1.29 is 23.8 Å². The maximum absolute atomic E-state index is 12.2. The number of rotatable bonds is 6. The Morgan fingerprint density at radius 3 is 2.27 bits per heavy atom. The smallest absolute Gasteiger partial charge is 0.157 e. The van der Waals surface area contributed by atoms with E-state index in [1.165, 1.54) is 13.5 Å². The first-order chi connectivity index (χ1) is 14.2. The molecule has 1 unspecified atom stereocenters. The second-order valence-corrected chi connectivity index (χ2v) is 10.4. The Labute approximate surface area is 179 Å². The molecule has 3 aliphatic carbocycles. The molecule has 5 rings (SSSR count). The van der Waals surface area contributed by atoms with Gasteiger partial charge in [0.1, 0.15) is 22.8 Å². The SMILES string of the molecule is COc1c(C=O)c(OC)c2c(c1C=O)O[C@]1(CC[C@H]3C[C@@H]1C3(C)C)CC2CC(C)C. The van der Waals surface area contributed by atoms with Crippen molar-refractivity contribution >= 4 is 12.6 Å². The van der Waals surface area contributed by atoms with E-state index in [1.54, 1.807) is 7.11 Å². The highest BCUT2D eigenvalue weighted by Crippen LogP contribution is 2.68. The molecule has 1 heterocycles. The van der Waals surface area contributed by atoms with E-state index >= 15 is 0 Å². The number of hydrogen-bond donors (Lipinski definition) is 0. The van der Waals surface area contributed by atoms with Crippen LogP contribution in [0.3, 0.4) is 0 Å². The number of aldehydes is 2. The van der Waals surface area contributed by atoms with Gasteiger partial charge < -0.3 is 14.2 Å². The van der Waals surface area contributed by atoms with Gasteiger partial charge in [-0.3, -0.25) is 9.59 Å². The predicted octanol–water partition coefficient (Wildman–Crippen LogP) is 5.44. The maximum atomic E-state index is 12.2. The van der Waals surface area contributed by atoms with Gasteiger partial charge in [-0.2, -0.15) is 0 Å². The molecule has 1 spiro atoms. The molecule has 0 amide bonds. The van der Waals surface area contributed by atoms with Gasteiger partial charge >= 0.3 is 0 Å². The van der Waals surface area contributed by atoms with E-state index in [9.17, 15) is 9.59 Å². The van der Waals surface area contributed by atoms with Crippen molar-refractivity contribution in [3.05, 3.63) is 16.7 Å². The lowest BCUT2D eigenvalue weighted by atomic mass is 9.42. The number of methoxy groups -OCH3 is 2. The van der Waals surface area contributed by atoms with E-state index in [-0.39, 0.29) is 22.7 Å².